The van der Waals surface area contributed by atoms with Gasteiger partial charge in [0.05, 0.1) is 31.3 Å². The molecule has 0 N–H and O–H groups in total. The van der Waals surface area contributed by atoms with Crippen LogP contribution in [0.5, 0.6) is 0 Å². The van der Waals surface area contributed by atoms with Crippen molar-refractivity contribution in [2.24, 2.45) is 11.3 Å². The Hall–Kier alpha value is -1.94. The van der Waals surface area contributed by atoms with Crippen LogP contribution >= 0.6 is 0 Å². The van der Waals surface area contributed by atoms with Crippen LogP contribution < -0.4 is 0 Å². The fraction of sp³-hybridized carbons (Fsp3) is 0.548. The first-order valence-corrected chi connectivity index (χ1v) is 13.4. The van der Waals surface area contributed by atoms with Gasteiger partial charge in [-0.25, -0.2) is 0 Å². The summed E-state index contributed by atoms with van der Waals surface area (Å²) in [6.07, 6.45) is 13.8. The average molecular weight is 456 g/mol. The van der Waals surface area contributed by atoms with E-state index in [-0.39, 0.29) is 27.3 Å². The number of hydroxylamine groups is 3. The third-order valence-electron chi connectivity index (χ3n) is 10.7. The lowest BCUT2D eigenvalue weighted by Gasteiger charge is -2.55. The molecular formula is C31H37NO2. The van der Waals surface area contributed by atoms with E-state index >= 15 is 0 Å². The molecule has 2 aromatic carbocycles. The maximum atomic E-state index is 12.9. The van der Waals surface area contributed by atoms with Gasteiger partial charge in [0.2, 0.25) is 0 Å². The van der Waals surface area contributed by atoms with Gasteiger partial charge in [-0.3, -0.25) is 0 Å². The Morgan fingerprint density at radius 3 is 2.65 bits per heavy atom. The van der Waals surface area contributed by atoms with Gasteiger partial charge in [-0.05, 0) is 83.3 Å². The molecule has 5 aliphatic rings. The summed E-state index contributed by atoms with van der Waals surface area (Å²) in [4.78, 5) is 0. The summed E-state index contributed by atoms with van der Waals surface area (Å²) >= 11 is 0. The molecule has 7 rings (SSSR count). The molecule has 2 aliphatic heterocycles. The lowest BCUT2D eigenvalue weighted by Crippen LogP contribution is -2.56. The summed E-state index contributed by atoms with van der Waals surface area (Å²) in [7, 11) is 3.63. The molecule has 2 spiro atoms. The predicted octanol–water partition coefficient (Wildman–Crippen LogP) is 7.02. The van der Waals surface area contributed by atoms with Crippen LogP contribution in [0.15, 0.2) is 65.8 Å². The molecule has 0 radical (unpaired) electrons. The number of hydrogen-bond donors (Lipinski definition) is 0. The Labute approximate surface area is 203 Å². The minimum atomic E-state index is -0.195. The van der Waals surface area contributed by atoms with Crippen LogP contribution in [0.1, 0.15) is 69.8 Å². The van der Waals surface area contributed by atoms with Crippen LogP contribution in [0.2, 0.25) is 0 Å². The molecule has 3 aliphatic carbocycles. The summed E-state index contributed by atoms with van der Waals surface area (Å²) in [6, 6.07) is 16.0. The summed E-state index contributed by atoms with van der Waals surface area (Å²) in [5.41, 5.74) is 4.31. The standard InChI is InChI=1S/C31H37NO2/c1-29-15-14-25-19-24-10-11-26(32(2,3)33)20-30(24)16-17-31(25,34-30)28(29)13-12-27(29)23-9-8-21-6-4-5-7-22(21)18-23/h4-9,14,18-19,26-28H,10-13,15-17,20H2,1-3H3/t26-,27+,28+,29+,30+,31?/m0/s1. The molecular weight excluding hydrogens is 418 g/mol. The van der Waals surface area contributed by atoms with E-state index < -0.39 is 0 Å². The maximum absolute atomic E-state index is 12.9. The molecule has 2 bridgehead atoms. The van der Waals surface area contributed by atoms with Gasteiger partial charge in [-0.2, -0.15) is 0 Å². The highest BCUT2D eigenvalue weighted by Crippen LogP contribution is 2.69. The highest BCUT2D eigenvalue weighted by atomic mass is 16.5. The minimum Gasteiger partial charge on any atom is -0.633 e. The Balaban J connectivity index is 1.27. The zero-order valence-electron chi connectivity index (χ0n) is 20.8. The molecule has 0 aromatic heterocycles. The van der Waals surface area contributed by atoms with Crippen molar-refractivity contribution in [3.05, 3.63) is 76.5 Å². The third kappa shape index (κ3) is 2.75. The Morgan fingerprint density at radius 2 is 1.82 bits per heavy atom. The van der Waals surface area contributed by atoms with E-state index in [9.17, 15) is 5.21 Å². The zero-order valence-corrected chi connectivity index (χ0v) is 20.8. The van der Waals surface area contributed by atoms with E-state index in [1.807, 2.05) is 14.1 Å². The van der Waals surface area contributed by atoms with Crippen LogP contribution in [0, 0.1) is 16.5 Å². The average Bonchev–Trinajstić information content (AvgIpc) is 3.33. The van der Waals surface area contributed by atoms with Gasteiger partial charge in [0.15, 0.2) is 0 Å². The fourth-order valence-electron chi connectivity index (χ4n) is 8.89. The van der Waals surface area contributed by atoms with Gasteiger partial charge in [0.1, 0.15) is 0 Å². The number of hydrogen-bond acceptors (Lipinski definition) is 2. The van der Waals surface area contributed by atoms with Gasteiger partial charge in [-0.15, -0.1) is 0 Å². The molecule has 2 saturated carbocycles. The second-order valence-electron chi connectivity index (χ2n) is 12.6. The minimum absolute atomic E-state index is 0.140. The van der Waals surface area contributed by atoms with Crippen molar-refractivity contribution >= 4 is 10.8 Å². The first kappa shape index (κ1) is 21.4. The number of nitrogens with zero attached hydrogens (tertiary/aromatic N) is 1. The molecule has 1 unspecified atom stereocenters. The molecule has 3 nitrogen and oxygen atoms in total. The van der Waals surface area contributed by atoms with Gasteiger partial charge < -0.3 is 14.6 Å². The van der Waals surface area contributed by atoms with Crippen LogP contribution in [-0.4, -0.2) is 36.0 Å². The lowest BCUT2D eigenvalue weighted by molar-refractivity contribution is -0.869. The van der Waals surface area contributed by atoms with E-state index in [1.54, 1.807) is 0 Å². The van der Waals surface area contributed by atoms with Crippen molar-refractivity contribution in [1.82, 2.24) is 0 Å². The number of quaternary nitrogens is 1. The Kier molecular flexibility index (Phi) is 4.29. The van der Waals surface area contributed by atoms with Gasteiger partial charge in [0.25, 0.3) is 0 Å². The smallest absolute Gasteiger partial charge is 0.0975 e. The van der Waals surface area contributed by atoms with Crippen LogP contribution in [-0.2, 0) is 4.74 Å². The van der Waals surface area contributed by atoms with E-state index in [1.165, 1.54) is 40.3 Å². The normalized spacial score (nSPS) is 40.9. The van der Waals surface area contributed by atoms with Crippen LogP contribution in [0.25, 0.3) is 10.8 Å². The molecule has 34 heavy (non-hydrogen) atoms. The molecule has 3 fully saturated rings. The largest absolute Gasteiger partial charge is 0.633 e. The molecule has 6 atom stereocenters. The summed E-state index contributed by atoms with van der Waals surface area (Å²) < 4.78 is 7.16. The SMILES string of the molecule is C[C@]12CC=C3C=C4CC[C@H]([N+](C)(C)[O-])C[C@]45CCC3(O5)[C@@H]1CC[C@@H]2c1ccc2ccccc2c1. The van der Waals surface area contributed by atoms with Crippen molar-refractivity contribution in [3.8, 4) is 0 Å². The first-order chi connectivity index (χ1) is 16.2. The maximum Gasteiger partial charge on any atom is 0.0975 e. The van der Waals surface area contributed by atoms with Crippen LogP contribution in [0.4, 0.5) is 0 Å². The highest BCUT2D eigenvalue weighted by molar-refractivity contribution is 5.83. The second-order valence-corrected chi connectivity index (χ2v) is 12.6. The molecule has 3 heteroatoms. The summed E-state index contributed by atoms with van der Waals surface area (Å²) in [6.45, 7) is 2.54. The summed E-state index contributed by atoms with van der Waals surface area (Å²) in [5, 5.41) is 15.5. The molecule has 2 aromatic rings. The van der Waals surface area contributed by atoms with Gasteiger partial charge >= 0.3 is 0 Å². The van der Waals surface area contributed by atoms with Crippen molar-refractivity contribution in [2.45, 2.75) is 81.5 Å². The van der Waals surface area contributed by atoms with E-state index in [2.05, 4.69) is 61.5 Å². The van der Waals surface area contributed by atoms with Crippen molar-refractivity contribution in [2.75, 3.05) is 14.1 Å². The quantitative estimate of drug-likeness (QED) is 0.360. The number of rotatable bonds is 2. The van der Waals surface area contributed by atoms with Crippen molar-refractivity contribution in [3.63, 3.8) is 0 Å². The highest BCUT2D eigenvalue weighted by Gasteiger charge is 2.67. The second kappa shape index (κ2) is 6.84. The van der Waals surface area contributed by atoms with Crippen molar-refractivity contribution in [1.29, 1.82) is 0 Å². The van der Waals surface area contributed by atoms with Gasteiger partial charge in [0, 0.05) is 12.8 Å². The number of benzene rings is 2. The Morgan fingerprint density at radius 1 is 1.00 bits per heavy atom. The van der Waals surface area contributed by atoms with E-state index in [4.69, 9.17) is 4.74 Å². The number of allylic oxidation sites excluding steroid dienone is 1. The molecule has 1 saturated heterocycles. The fourth-order valence-corrected chi connectivity index (χ4v) is 8.89. The van der Waals surface area contributed by atoms with E-state index in [0.29, 0.717) is 11.8 Å². The molecule has 178 valence electrons. The number of ether oxygens (including phenoxy) is 1. The zero-order chi connectivity index (χ0) is 23.3. The topological polar surface area (TPSA) is 32.3 Å². The van der Waals surface area contributed by atoms with Gasteiger partial charge in [-0.1, -0.05) is 61.5 Å². The monoisotopic (exact) mass is 455 g/mol. The van der Waals surface area contributed by atoms with Crippen molar-refractivity contribution < 1.29 is 9.38 Å². The van der Waals surface area contributed by atoms with E-state index in [0.717, 1.165) is 38.5 Å². The first-order valence-electron chi connectivity index (χ1n) is 13.4. The molecule has 0 amide bonds. The summed E-state index contributed by atoms with van der Waals surface area (Å²) in [5.74, 6) is 1.11. The van der Waals surface area contributed by atoms with Crippen LogP contribution in [0.3, 0.4) is 0 Å². The Bertz CT molecular complexity index is 1240. The predicted molar refractivity (Wildman–Crippen MR) is 137 cm³/mol. The number of fused-ring (bicyclic) bond motifs is 2. The molecule has 2 heterocycles. The lowest BCUT2D eigenvalue weighted by atomic mass is 9.58. The third-order valence-corrected chi connectivity index (χ3v) is 10.7.